The Morgan fingerprint density at radius 2 is 2.05 bits per heavy atom. The lowest BCUT2D eigenvalue weighted by Gasteiger charge is -2.08. The van der Waals surface area contributed by atoms with Crippen LogP contribution in [0, 0.1) is 0 Å². The third-order valence-electron chi connectivity index (χ3n) is 2.30. The van der Waals surface area contributed by atoms with Crippen LogP contribution in [0.4, 0.5) is 0 Å². The maximum Gasteiger partial charge on any atom is 0.337 e. The number of benzene rings is 1. The number of hydrogen-bond acceptors (Lipinski definition) is 4. The molecule has 0 aromatic heterocycles. The predicted molar refractivity (Wildman–Crippen MR) is 71.2 cm³/mol. The van der Waals surface area contributed by atoms with E-state index in [0.29, 0.717) is 32.2 Å². The number of carbonyl (C=O) groups is 1. The number of carboxylic acid groups (broad SMARTS) is 1. The van der Waals surface area contributed by atoms with Gasteiger partial charge >= 0.3 is 5.97 Å². The van der Waals surface area contributed by atoms with Gasteiger partial charge in [-0.25, -0.2) is 4.79 Å². The molecule has 19 heavy (non-hydrogen) atoms. The first-order valence-corrected chi connectivity index (χ1v) is 6.25. The molecule has 1 aromatic carbocycles. The summed E-state index contributed by atoms with van der Waals surface area (Å²) in [7, 11) is 1.62. The van der Waals surface area contributed by atoms with Crippen LogP contribution in [0.3, 0.4) is 0 Å². The van der Waals surface area contributed by atoms with Crippen molar-refractivity contribution in [1.82, 2.24) is 0 Å². The molecule has 0 radical (unpaired) electrons. The summed E-state index contributed by atoms with van der Waals surface area (Å²) in [6, 6.07) is 4.51. The number of aromatic carboxylic acids is 1. The number of hydrogen-bond donors (Lipinski definition) is 1. The second-order valence-corrected chi connectivity index (χ2v) is 4.16. The third-order valence-corrected chi connectivity index (χ3v) is 2.62. The van der Waals surface area contributed by atoms with Crippen LogP contribution >= 0.6 is 11.6 Å². The van der Waals surface area contributed by atoms with E-state index in [1.807, 2.05) is 0 Å². The van der Waals surface area contributed by atoms with E-state index >= 15 is 0 Å². The number of rotatable bonds is 9. The Hall–Kier alpha value is -1.30. The van der Waals surface area contributed by atoms with Crippen LogP contribution in [0.5, 0.6) is 5.75 Å². The summed E-state index contributed by atoms with van der Waals surface area (Å²) < 4.78 is 15.6. The molecule has 0 saturated heterocycles. The summed E-state index contributed by atoms with van der Waals surface area (Å²) in [4.78, 5) is 10.8. The maximum absolute atomic E-state index is 10.8. The number of ether oxygens (including phenoxy) is 3. The average molecular weight is 289 g/mol. The molecule has 0 unspecified atom stereocenters. The average Bonchev–Trinajstić information content (AvgIpc) is 2.37. The SMILES string of the molecule is COCCOCCCOc1ccc(C(=O)O)c(Cl)c1. The van der Waals surface area contributed by atoms with E-state index in [9.17, 15) is 4.79 Å². The van der Waals surface area contributed by atoms with Gasteiger partial charge in [-0.2, -0.15) is 0 Å². The number of methoxy groups -OCH3 is 1. The highest BCUT2D eigenvalue weighted by Crippen LogP contribution is 2.22. The van der Waals surface area contributed by atoms with Gasteiger partial charge in [0.15, 0.2) is 0 Å². The lowest BCUT2D eigenvalue weighted by Crippen LogP contribution is -2.07. The molecule has 106 valence electrons. The largest absolute Gasteiger partial charge is 0.493 e. The van der Waals surface area contributed by atoms with Crippen LogP contribution in [-0.4, -0.2) is 44.6 Å². The Balaban J connectivity index is 2.26. The van der Waals surface area contributed by atoms with E-state index in [1.165, 1.54) is 12.1 Å². The van der Waals surface area contributed by atoms with Crippen molar-refractivity contribution in [3.63, 3.8) is 0 Å². The van der Waals surface area contributed by atoms with E-state index in [2.05, 4.69) is 0 Å². The van der Waals surface area contributed by atoms with E-state index < -0.39 is 5.97 Å². The molecule has 0 aliphatic heterocycles. The molecular formula is C13H17ClO5. The molecule has 1 aromatic rings. The standard InChI is InChI=1S/C13H17ClO5/c1-17-7-8-18-5-2-6-19-10-3-4-11(13(15)16)12(14)9-10/h3-4,9H,2,5-8H2,1H3,(H,15,16). The first kappa shape index (κ1) is 15.8. The molecule has 0 atom stereocenters. The van der Waals surface area contributed by atoms with Crippen LogP contribution in [0.25, 0.3) is 0 Å². The van der Waals surface area contributed by atoms with Gasteiger partial charge < -0.3 is 19.3 Å². The topological polar surface area (TPSA) is 65.0 Å². The molecule has 0 aliphatic carbocycles. The fraction of sp³-hybridized carbons (Fsp3) is 0.462. The first-order chi connectivity index (χ1) is 9.15. The van der Waals surface area contributed by atoms with Crippen LogP contribution in [-0.2, 0) is 9.47 Å². The second kappa shape index (κ2) is 8.74. The molecule has 0 amide bonds. The molecular weight excluding hydrogens is 272 g/mol. The van der Waals surface area contributed by atoms with Crippen molar-refractivity contribution in [3.05, 3.63) is 28.8 Å². The van der Waals surface area contributed by atoms with Crippen molar-refractivity contribution in [2.24, 2.45) is 0 Å². The Bertz CT molecular complexity index is 408. The van der Waals surface area contributed by atoms with Gasteiger partial charge in [-0.05, 0) is 18.2 Å². The summed E-state index contributed by atoms with van der Waals surface area (Å²) in [6.45, 7) is 2.21. The van der Waals surface area contributed by atoms with Gasteiger partial charge in [0.25, 0.3) is 0 Å². The zero-order chi connectivity index (χ0) is 14.1. The minimum atomic E-state index is -1.05. The lowest BCUT2D eigenvalue weighted by atomic mass is 10.2. The number of halogens is 1. The quantitative estimate of drug-likeness (QED) is 0.707. The van der Waals surface area contributed by atoms with Gasteiger partial charge in [0.1, 0.15) is 5.75 Å². The summed E-state index contributed by atoms with van der Waals surface area (Å²) in [5.41, 5.74) is 0.0666. The normalized spacial score (nSPS) is 10.4. The third kappa shape index (κ3) is 5.92. The van der Waals surface area contributed by atoms with Gasteiger partial charge in [0.2, 0.25) is 0 Å². The monoisotopic (exact) mass is 288 g/mol. The van der Waals surface area contributed by atoms with Gasteiger partial charge in [-0.1, -0.05) is 11.6 Å². The number of carboxylic acids is 1. The first-order valence-electron chi connectivity index (χ1n) is 5.87. The minimum absolute atomic E-state index is 0.0666. The van der Waals surface area contributed by atoms with Crippen LogP contribution in [0.2, 0.25) is 5.02 Å². The highest BCUT2D eigenvalue weighted by atomic mass is 35.5. The Morgan fingerprint density at radius 3 is 2.68 bits per heavy atom. The molecule has 0 heterocycles. The summed E-state index contributed by atoms with van der Waals surface area (Å²) in [5.74, 6) is -0.505. The van der Waals surface area contributed by atoms with Crippen LogP contribution < -0.4 is 4.74 Å². The van der Waals surface area contributed by atoms with Gasteiger partial charge in [-0.15, -0.1) is 0 Å². The lowest BCUT2D eigenvalue weighted by molar-refractivity contribution is 0.0644. The Kier molecular flexibility index (Phi) is 7.25. The molecule has 0 saturated carbocycles. The van der Waals surface area contributed by atoms with Crippen molar-refractivity contribution < 1.29 is 24.1 Å². The molecule has 1 N–H and O–H groups in total. The fourth-order valence-electron chi connectivity index (χ4n) is 1.35. The van der Waals surface area contributed by atoms with Gasteiger partial charge in [-0.3, -0.25) is 0 Å². The van der Waals surface area contributed by atoms with Crippen LogP contribution in [0.15, 0.2) is 18.2 Å². The smallest absolute Gasteiger partial charge is 0.337 e. The highest BCUT2D eigenvalue weighted by Gasteiger charge is 2.09. The van der Waals surface area contributed by atoms with Gasteiger partial charge in [0.05, 0.1) is 30.4 Å². The van der Waals surface area contributed by atoms with Crippen LogP contribution in [0.1, 0.15) is 16.8 Å². The molecule has 0 aliphatic rings. The molecule has 1 rings (SSSR count). The van der Waals surface area contributed by atoms with Crippen molar-refractivity contribution in [2.75, 3.05) is 33.5 Å². The summed E-state index contributed by atoms with van der Waals surface area (Å²) >= 11 is 5.82. The highest BCUT2D eigenvalue weighted by molar-refractivity contribution is 6.33. The van der Waals surface area contributed by atoms with E-state index in [-0.39, 0.29) is 10.6 Å². The van der Waals surface area contributed by atoms with Crippen molar-refractivity contribution >= 4 is 17.6 Å². The Labute approximate surface area is 117 Å². The summed E-state index contributed by atoms with van der Waals surface area (Å²) in [5, 5.41) is 8.99. The molecule has 0 bridgehead atoms. The minimum Gasteiger partial charge on any atom is -0.493 e. The molecule has 6 heteroatoms. The summed E-state index contributed by atoms with van der Waals surface area (Å²) in [6.07, 6.45) is 0.738. The predicted octanol–water partition coefficient (Wildman–Crippen LogP) is 2.47. The fourth-order valence-corrected chi connectivity index (χ4v) is 1.61. The molecule has 0 spiro atoms. The van der Waals surface area contributed by atoms with Crippen molar-refractivity contribution in [1.29, 1.82) is 0 Å². The van der Waals surface area contributed by atoms with E-state index in [4.69, 9.17) is 30.9 Å². The maximum atomic E-state index is 10.8. The van der Waals surface area contributed by atoms with E-state index in [0.717, 1.165) is 6.42 Å². The van der Waals surface area contributed by atoms with Gasteiger partial charge in [0, 0.05) is 20.1 Å². The Morgan fingerprint density at radius 1 is 1.26 bits per heavy atom. The zero-order valence-electron chi connectivity index (χ0n) is 10.7. The van der Waals surface area contributed by atoms with E-state index in [1.54, 1.807) is 13.2 Å². The second-order valence-electron chi connectivity index (χ2n) is 3.75. The van der Waals surface area contributed by atoms with Crippen molar-refractivity contribution in [3.8, 4) is 5.75 Å². The molecule has 5 nitrogen and oxygen atoms in total. The zero-order valence-corrected chi connectivity index (χ0v) is 11.5. The van der Waals surface area contributed by atoms with Crippen molar-refractivity contribution in [2.45, 2.75) is 6.42 Å². The molecule has 0 fully saturated rings.